The molecule has 0 aromatic carbocycles. The van der Waals surface area contributed by atoms with E-state index >= 15 is 0 Å². The largest absolute Gasteiger partial charge is 0.368 e. The van der Waals surface area contributed by atoms with Gasteiger partial charge in [-0.3, -0.25) is 4.79 Å². The minimum atomic E-state index is -0.111. The molecule has 1 aliphatic heterocycles. The molecule has 0 amide bonds. The summed E-state index contributed by atoms with van der Waals surface area (Å²) < 4.78 is 7.85. The lowest BCUT2D eigenvalue weighted by Crippen LogP contribution is -2.43. The number of hydrogen-bond donors (Lipinski definition) is 1. The van der Waals surface area contributed by atoms with Crippen LogP contribution in [0.4, 0.5) is 0 Å². The number of aromatic nitrogens is 1. The van der Waals surface area contributed by atoms with Crippen molar-refractivity contribution in [2.45, 2.75) is 70.7 Å². The van der Waals surface area contributed by atoms with Crippen LogP contribution in [0.3, 0.4) is 0 Å². The van der Waals surface area contributed by atoms with E-state index in [2.05, 4.69) is 33.0 Å². The van der Waals surface area contributed by atoms with Gasteiger partial charge in [0.25, 0.3) is 0 Å². The average Bonchev–Trinajstić information content (AvgIpc) is 2.59. The highest BCUT2D eigenvalue weighted by Gasteiger charge is 2.45. The predicted molar refractivity (Wildman–Crippen MR) is 85.6 cm³/mol. The van der Waals surface area contributed by atoms with Gasteiger partial charge in [0.15, 0.2) is 0 Å². The van der Waals surface area contributed by atoms with Gasteiger partial charge in [0, 0.05) is 24.8 Å². The summed E-state index contributed by atoms with van der Waals surface area (Å²) in [5, 5.41) is 3.62. The van der Waals surface area contributed by atoms with Crippen molar-refractivity contribution >= 4 is 0 Å². The molecule has 2 heterocycles. The van der Waals surface area contributed by atoms with Crippen LogP contribution in [0, 0.1) is 0 Å². The van der Waals surface area contributed by atoms with Gasteiger partial charge in [-0.05, 0) is 59.6 Å². The first-order chi connectivity index (χ1) is 9.80. The summed E-state index contributed by atoms with van der Waals surface area (Å²) in [4.78, 5) is 11.6. The third-order valence-corrected chi connectivity index (χ3v) is 4.19. The zero-order valence-electron chi connectivity index (χ0n) is 13.7. The van der Waals surface area contributed by atoms with Gasteiger partial charge in [0.1, 0.15) is 0 Å². The van der Waals surface area contributed by atoms with Crippen molar-refractivity contribution < 1.29 is 4.74 Å². The van der Waals surface area contributed by atoms with Gasteiger partial charge < -0.3 is 14.6 Å². The van der Waals surface area contributed by atoms with E-state index in [1.807, 2.05) is 12.3 Å². The Morgan fingerprint density at radius 1 is 1.29 bits per heavy atom. The molecule has 0 bridgehead atoms. The van der Waals surface area contributed by atoms with Crippen molar-refractivity contribution in [3.63, 3.8) is 0 Å². The first kappa shape index (κ1) is 16.2. The number of rotatable bonds is 6. The van der Waals surface area contributed by atoms with Gasteiger partial charge in [-0.1, -0.05) is 6.07 Å². The highest BCUT2D eigenvalue weighted by Crippen LogP contribution is 2.37. The van der Waals surface area contributed by atoms with E-state index in [4.69, 9.17) is 4.74 Å². The van der Waals surface area contributed by atoms with E-state index in [1.165, 1.54) is 0 Å². The van der Waals surface area contributed by atoms with Crippen LogP contribution in [0.2, 0.25) is 0 Å². The van der Waals surface area contributed by atoms with E-state index in [1.54, 1.807) is 16.7 Å². The number of nitrogens with zero attached hydrogens (tertiary/aromatic N) is 1. The predicted octanol–water partition coefficient (Wildman–Crippen LogP) is 2.56. The van der Waals surface area contributed by atoms with Gasteiger partial charge in [0.2, 0.25) is 5.56 Å². The fraction of sp³-hybridized carbons (Fsp3) is 0.706. The molecule has 1 aromatic rings. The van der Waals surface area contributed by atoms with Crippen molar-refractivity contribution in [2.75, 3.05) is 6.54 Å². The summed E-state index contributed by atoms with van der Waals surface area (Å²) in [5.41, 5.74) is -0.0733. The minimum absolute atomic E-state index is 0.0431. The van der Waals surface area contributed by atoms with Crippen LogP contribution < -0.4 is 10.9 Å². The molecule has 4 nitrogen and oxygen atoms in total. The second kappa shape index (κ2) is 6.32. The Labute approximate surface area is 127 Å². The Kier molecular flexibility index (Phi) is 4.89. The lowest BCUT2D eigenvalue weighted by atomic mass is 9.94. The molecule has 0 radical (unpaired) electrons. The van der Waals surface area contributed by atoms with Crippen molar-refractivity contribution in [2.24, 2.45) is 0 Å². The van der Waals surface area contributed by atoms with Gasteiger partial charge in [-0.25, -0.2) is 0 Å². The van der Waals surface area contributed by atoms with E-state index in [0.29, 0.717) is 6.04 Å². The smallest absolute Gasteiger partial charge is 0.250 e. The SMILES string of the molecule is CC1(C)C[C@H](NCCCCn2ccccc2=O)C(C)(C)O1. The zero-order valence-corrected chi connectivity index (χ0v) is 13.7. The molecule has 2 rings (SSSR count). The summed E-state index contributed by atoms with van der Waals surface area (Å²) in [6.07, 6.45) is 4.97. The Hall–Kier alpha value is -1.13. The monoisotopic (exact) mass is 292 g/mol. The van der Waals surface area contributed by atoms with Crippen LogP contribution >= 0.6 is 0 Å². The van der Waals surface area contributed by atoms with Crippen LogP contribution in [-0.4, -0.2) is 28.4 Å². The Balaban J connectivity index is 1.71. The van der Waals surface area contributed by atoms with Gasteiger partial charge in [0.05, 0.1) is 11.2 Å². The minimum Gasteiger partial charge on any atom is -0.368 e. The molecule has 0 saturated carbocycles. The summed E-state index contributed by atoms with van der Waals surface area (Å²) in [5.74, 6) is 0. The van der Waals surface area contributed by atoms with E-state index in [9.17, 15) is 4.79 Å². The summed E-state index contributed by atoms with van der Waals surface area (Å²) >= 11 is 0. The molecular formula is C17H28N2O2. The van der Waals surface area contributed by atoms with E-state index in [0.717, 1.165) is 32.4 Å². The molecule has 0 unspecified atom stereocenters. The quantitative estimate of drug-likeness (QED) is 0.820. The molecular weight excluding hydrogens is 264 g/mol. The van der Waals surface area contributed by atoms with Crippen LogP contribution in [0.25, 0.3) is 0 Å². The molecule has 1 aromatic heterocycles. The summed E-state index contributed by atoms with van der Waals surface area (Å²) in [7, 11) is 0. The molecule has 1 aliphatic rings. The lowest BCUT2D eigenvalue weighted by molar-refractivity contribution is -0.0697. The first-order valence-electron chi connectivity index (χ1n) is 7.89. The fourth-order valence-electron chi connectivity index (χ4n) is 3.21. The number of hydrogen-bond acceptors (Lipinski definition) is 3. The molecule has 21 heavy (non-hydrogen) atoms. The molecule has 1 saturated heterocycles. The van der Waals surface area contributed by atoms with Crippen molar-refractivity contribution in [3.05, 3.63) is 34.7 Å². The van der Waals surface area contributed by atoms with Crippen molar-refractivity contribution in [1.29, 1.82) is 0 Å². The first-order valence-corrected chi connectivity index (χ1v) is 7.89. The Morgan fingerprint density at radius 2 is 2.05 bits per heavy atom. The van der Waals surface area contributed by atoms with Crippen molar-refractivity contribution in [1.82, 2.24) is 9.88 Å². The number of ether oxygens (including phenoxy) is 1. The van der Waals surface area contributed by atoms with Gasteiger partial charge in [-0.15, -0.1) is 0 Å². The topological polar surface area (TPSA) is 43.3 Å². The normalized spacial score (nSPS) is 23.3. The molecule has 1 fully saturated rings. The van der Waals surface area contributed by atoms with Crippen LogP contribution in [0.15, 0.2) is 29.2 Å². The second-order valence-corrected chi connectivity index (χ2v) is 7.12. The summed E-state index contributed by atoms with van der Waals surface area (Å²) in [6.45, 7) is 10.4. The third kappa shape index (κ3) is 4.42. The Morgan fingerprint density at radius 3 is 2.67 bits per heavy atom. The summed E-state index contributed by atoms with van der Waals surface area (Å²) in [6, 6.07) is 5.69. The maximum Gasteiger partial charge on any atom is 0.250 e. The van der Waals surface area contributed by atoms with Crippen LogP contribution in [0.1, 0.15) is 47.0 Å². The van der Waals surface area contributed by atoms with E-state index < -0.39 is 0 Å². The highest BCUT2D eigenvalue weighted by molar-refractivity contribution is 4.98. The molecule has 0 spiro atoms. The van der Waals surface area contributed by atoms with Crippen LogP contribution in [-0.2, 0) is 11.3 Å². The van der Waals surface area contributed by atoms with Crippen molar-refractivity contribution in [3.8, 4) is 0 Å². The standard InChI is InChI=1S/C17H28N2O2/c1-16(2)13-14(17(3,4)21-16)18-10-6-8-12-19-11-7-5-9-15(19)20/h5,7,9,11,14,18H,6,8,10,12-13H2,1-4H3/t14-/m0/s1. The molecule has 1 N–H and O–H groups in total. The number of nitrogens with one attached hydrogen (secondary N) is 1. The fourth-order valence-corrected chi connectivity index (χ4v) is 3.21. The maximum atomic E-state index is 11.6. The number of aryl methyl sites for hydroxylation is 1. The number of pyridine rings is 1. The van der Waals surface area contributed by atoms with E-state index in [-0.39, 0.29) is 16.8 Å². The Bertz CT molecular complexity index is 520. The van der Waals surface area contributed by atoms with Gasteiger partial charge in [-0.2, -0.15) is 0 Å². The molecule has 118 valence electrons. The zero-order chi connectivity index (χ0) is 15.5. The third-order valence-electron chi connectivity index (χ3n) is 4.19. The second-order valence-electron chi connectivity index (χ2n) is 7.12. The lowest BCUT2D eigenvalue weighted by Gasteiger charge is -2.27. The highest BCUT2D eigenvalue weighted by atomic mass is 16.5. The number of unbranched alkanes of at least 4 members (excludes halogenated alkanes) is 1. The average molecular weight is 292 g/mol. The molecule has 0 aliphatic carbocycles. The van der Waals surface area contributed by atoms with Gasteiger partial charge >= 0.3 is 0 Å². The maximum absolute atomic E-state index is 11.6. The molecule has 4 heteroatoms. The molecule has 1 atom stereocenters. The van der Waals surface area contributed by atoms with Crippen LogP contribution in [0.5, 0.6) is 0 Å².